The predicted octanol–water partition coefficient (Wildman–Crippen LogP) is 3.85. The van der Waals surface area contributed by atoms with Crippen LogP contribution in [0.15, 0.2) is 30.7 Å². The van der Waals surface area contributed by atoms with E-state index in [0.29, 0.717) is 21.8 Å². The molecule has 0 radical (unpaired) electrons. The molecule has 148 valence electrons. The number of nitrogens with zero attached hydrogens (tertiary/aromatic N) is 4. The molecule has 2 N–H and O–H groups in total. The fourth-order valence-corrected chi connectivity index (χ4v) is 4.54. The highest BCUT2D eigenvalue weighted by Gasteiger charge is 2.19. The first-order valence-corrected chi connectivity index (χ1v) is 10.3. The second-order valence-electron chi connectivity index (χ2n) is 7.24. The maximum atomic E-state index is 14.2. The number of fused-ring (bicyclic) bond motifs is 2. The molecule has 0 bridgehead atoms. The van der Waals surface area contributed by atoms with Crippen molar-refractivity contribution in [3.8, 4) is 0 Å². The Kier molecular flexibility index (Phi) is 4.48. The van der Waals surface area contributed by atoms with Crippen LogP contribution in [0.3, 0.4) is 0 Å². The maximum Gasteiger partial charge on any atom is 0.265 e. The number of halogens is 1. The van der Waals surface area contributed by atoms with Gasteiger partial charge in [-0.1, -0.05) is 6.42 Å². The number of carbonyl (C=O) groups excluding carboxylic acids is 1. The number of amides is 1. The Labute approximate surface area is 170 Å². The van der Waals surface area contributed by atoms with Crippen molar-refractivity contribution < 1.29 is 9.18 Å². The molecular formula is C20H19FN6OS. The lowest BCUT2D eigenvalue weighted by Gasteiger charge is -2.22. The SMILES string of the molecule is Cc1cn2cc(NC(=O)c3cc4ncc(C5CCCCN5)nc4s3)cc(F)c2n1. The van der Waals surface area contributed by atoms with E-state index in [9.17, 15) is 9.18 Å². The van der Waals surface area contributed by atoms with Crippen LogP contribution in [0.2, 0.25) is 0 Å². The number of aryl methyl sites for hydroxylation is 1. The topological polar surface area (TPSA) is 84.2 Å². The number of anilines is 1. The van der Waals surface area contributed by atoms with Gasteiger partial charge in [-0.3, -0.25) is 9.78 Å². The van der Waals surface area contributed by atoms with Crippen LogP contribution in [0.4, 0.5) is 10.1 Å². The summed E-state index contributed by atoms with van der Waals surface area (Å²) in [6.07, 6.45) is 8.54. The first kappa shape index (κ1) is 18.1. The van der Waals surface area contributed by atoms with Crippen LogP contribution in [-0.4, -0.2) is 31.8 Å². The molecule has 0 saturated carbocycles. The summed E-state index contributed by atoms with van der Waals surface area (Å²) < 4.78 is 15.8. The van der Waals surface area contributed by atoms with E-state index in [2.05, 4.69) is 20.6 Å². The van der Waals surface area contributed by atoms with Crippen molar-refractivity contribution >= 4 is 38.9 Å². The van der Waals surface area contributed by atoms with E-state index in [1.165, 1.54) is 30.2 Å². The zero-order valence-corrected chi connectivity index (χ0v) is 16.6. The van der Waals surface area contributed by atoms with Crippen LogP contribution in [0.25, 0.3) is 16.0 Å². The van der Waals surface area contributed by atoms with E-state index in [4.69, 9.17) is 4.98 Å². The third kappa shape index (κ3) is 3.47. The number of thiophene rings is 1. The second kappa shape index (κ2) is 7.16. The molecule has 29 heavy (non-hydrogen) atoms. The Morgan fingerprint density at radius 2 is 2.21 bits per heavy atom. The van der Waals surface area contributed by atoms with Crippen LogP contribution < -0.4 is 10.6 Å². The molecule has 0 spiro atoms. The van der Waals surface area contributed by atoms with Gasteiger partial charge in [0, 0.05) is 18.5 Å². The number of carbonyl (C=O) groups is 1. The average molecular weight is 410 g/mol. The number of pyridine rings is 1. The minimum atomic E-state index is -0.486. The van der Waals surface area contributed by atoms with Crippen molar-refractivity contribution in [1.29, 1.82) is 0 Å². The normalized spacial score (nSPS) is 17.1. The van der Waals surface area contributed by atoms with E-state index in [1.807, 2.05) is 0 Å². The molecule has 1 aliphatic heterocycles. The van der Waals surface area contributed by atoms with Crippen LogP contribution >= 0.6 is 11.3 Å². The van der Waals surface area contributed by atoms with Gasteiger partial charge >= 0.3 is 0 Å². The monoisotopic (exact) mass is 410 g/mol. The lowest BCUT2D eigenvalue weighted by molar-refractivity contribution is 0.103. The number of hydrogen-bond donors (Lipinski definition) is 2. The molecule has 4 aromatic heterocycles. The highest BCUT2D eigenvalue weighted by atomic mass is 32.1. The van der Waals surface area contributed by atoms with Gasteiger partial charge in [-0.15, -0.1) is 11.3 Å². The van der Waals surface area contributed by atoms with E-state index in [-0.39, 0.29) is 17.6 Å². The standard InChI is InChI=1S/C20H19FN6OS/c1-11-9-27-10-12(6-13(21)18(27)24-11)25-19(28)17-7-15-20(29-17)26-16(8-23-15)14-4-2-3-5-22-14/h6-10,14,22H,2-5H2,1H3,(H,25,28). The van der Waals surface area contributed by atoms with Crippen LogP contribution in [0.1, 0.15) is 46.4 Å². The first-order valence-electron chi connectivity index (χ1n) is 9.53. The highest BCUT2D eigenvalue weighted by Crippen LogP contribution is 2.27. The quantitative estimate of drug-likeness (QED) is 0.536. The zero-order valence-electron chi connectivity index (χ0n) is 15.8. The largest absolute Gasteiger partial charge is 0.320 e. The van der Waals surface area contributed by atoms with Crippen molar-refractivity contribution in [3.05, 3.63) is 52.8 Å². The molecule has 5 rings (SSSR count). The van der Waals surface area contributed by atoms with Crippen LogP contribution in [-0.2, 0) is 0 Å². The first-order chi connectivity index (χ1) is 14.1. The van der Waals surface area contributed by atoms with E-state index < -0.39 is 5.82 Å². The highest BCUT2D eigenvalue weighted by molar-refractivity contribution is 7.20. The molecule has 4 aromatic rings. The summed E-state index contributed by atoms with van der Waals surface area (Å²) in [4.78, 5) is 27.2. The molecule has 5 heterocycles. The molecule has 0 aliphatic carbocycles. The van der Waals surface area contributed by atoms with Gasteiger partial charge < -0.3 is 15.0 Å². The number of piperidine rings is 1. The number of imidazole rings is 1. The van der Waals surface area contributed by atoms with Crippen molar-refractivity contribution in [2.45, 2.75) is 32.2 Å². The maximum absolute atomic E-state index is 14.2. The summed E-state index contributed by atoms with van der Waals surface area (Å²) in [5, 5.41) is 6.22. The van der Waals surface area contributed by atoms with Crippen molar-refractivity contribution in [2.24, 2.45) is 0 Å². The van der Waals surface area contributed by atoms with E-state index >= 15 is 0 Å². The van der Waals surface area contributed by atoms with Crippen molar-refractivity contribution in [1.82, 2.24) is 24.7 Å². The Morgan fingerprint density at radius 1 is 1.31 bits per heavy atom. The molecule has 1 aliphatic rings. The molecule has 9 heteroatoms. The van der Waals surface area contributed by atoms with Crippen molar-refractivity contribution in [2.75, 3.05) is 11.9 Å². The molecule has 1 fully saturated rings. The summed E-state index contributed by atoms with van der Waals surface area (Å²) in [6.45, 7) is 2.78. The Bertz CT molecular complexity index is 1230. The third-order valence-electron chi connectivity index (χ3n) is 5.04. The molecule has 1 saturated heterocycles. The Balaban J connectivity index is 1.40. The summed E-state index contributed by atoms with van der Waals surface area (Å²) in [7, 11) is 0. The second-order valence-corrected chi connectivity index (χ2v) is 8.27. The Morgan fingerprint density at radius 3 is 3.03 bits per heavy atom. The van der Waals surface area contributed by atoms with Gasteiger partial charge in [0.15, 0.2) is 11.5 Å². The average Bonchev–Trinajstić information content (AvgIpc) is 3.31. The molecule has 0 aromatic carbocycles. The van der Waals surface area contributed by atoms with Gasteiger partial charge in [0.05, 0.1) is 34.2 Å². The summed E-state index contributed by atoms with van der Waals surface area (Å²) in [5.41, 5.74) is 2.90. The van der Waals surface area contributed by atoms with E-state index in [1.54, 1.807) is 36.0 Å². The summed E-state index contributed by atoms with van der Waals surface area (Å²) >= 11 is 1.29. The van der Waals surface area contributed by atoms with Gasteiger partial charge in [-0.25, -0.2) is 14.4 Å². The molecule has 1 amide bonds. The lowest BCUT2D eigenvalue weighted by atomic mass is 10.0. The number of nitrogens with one attached hydrogen (secondary N) is 2. The molecular weight excluding hydrogens is 391 g/mol. The van der Waals surface area contributed by atoms with Crippen LogP contribution in [0, 0.1) is 12.7 Å². The fourth-order valence-electron chi connectivity index (χ4n) is 3.65. The van der Waals surface area contributed by atoms with Gasteiger partial charge in [0.2, 0.25) is 0 Å². The molecule has 1 unspecified atom stereocenters. The number of aromatic nitrogens is 4. The van der Waals surface area contributed by atoms with E-state index in [0.717, 1.165) is 23.5 Å². The summed E-state index contributed by atoms with van der Waals surface area (Å²) in [5.74, 6) is -0.803. The predicted molar refractivity (Wildman–Crippen MR) is 110 cm³/mol. The third-order valence-corrected chi connectivity index (χ3v) is 6.05. The van der Waals surface area contributed by atoms with Crippen LogP contribution in [0.5, 0.6) is 0 Å². The zero-order chi connectivity index (χ0) is 20.0. The number of hydrogen-bond acceptors (Lipinski definition) is 6. The van der Waals surface area contributed by atoms with Gasteiger partial charge in [-0.2, -0.15) is 0 Å². The van der Waals surface area contributed by atoms with Gasteiger partial charge in [0.25, 0.3) is 5.91 Å². The summed E-state index contributed by atoms with van der Waals surface area (Å²) in [6, 6.07) is 3.21. The Hall–Kier alpha value is -2.91. The van der Waals surface area contributed by atoms with Gasteiger partial charge in [0.1, 0.15) is 10.3 Å². The molecule has 7 nitrogen and oxygen atoms in total. The lowest BCUT2D eigenvalue weighted by Crippen LogP contribution is -2.27. The fraction of sp³-hybridized carbons (Fsp3) is 0.300. The number of rotatable bonds is 3. The minimum Gasteiger partial charge on any atom is -0.320 e. The minimum absolute atomic E-state index is 0.216. The van der Waals surface area contributed by atoms with Crippen molar-refractivity contribution in [3.63, 3.8) is 0 Å². The molecule has 1 atom stereocenters. The van der Waals surface area contributed by atoms with Gasteiger partial charge in [-0.05, 0) is 32.4 Å². The smallest absolute Gasteiger partial charge is 0.265 e.